The van der Waals surface area contributed by atoms with Gasteiger partial charge in [-0.1, -0.05) is 0 Å². The van der Waals surface area contributed by atoms with Gasteiger partial charge in [-0.25, -0.2) is 5.48 Å². The van der Waals surface area contributed by atoms with Gasteiger partial charge in [0.15, 0.2) is 0 Å². The number of rotatable bonds is 6. The van der Waals surface area contributed by atoms with Crippen molar-refractivity contribution < 1.29 is 19.2 Å². The smallest absolute Gasteiger partial charge is 0.244 e. The van der Waals surface area contributed by atoms with Crippen LogP contribution in [0.3, 0.4) is 0 Å². The molecule has 0 aliphatic carbocycles. The molecule has 3 amide bonds. The highest BCUT2D eigenvalue weighted by Gasteiger charge is 2.21. The lowest BCUT2D eigenvalue weighted by Gasteiger charge is -2.31. The van der Waals surface area contributed by atoms with E-state index in [4.69, 9.17) is 4.84 Å². The van der Waals surface area contributed by atoms with E-state index in [0.717, 1.165) is 19.4 Å². The van der Waals surface area contributed by atoms with Crippen LogP contribution in [0.25, 0.3) is 0 Å². The molecular weight excluding hydrogens is 262 g/mol. The molecule has 114 valence electrons. The zero-order valence-corrected chi connectivity index (χ0v) is 12.1. The second-order valence-corrected chi connectivity index (χ2v) is 4.98. The first-order valence-electron chi connectivity index (χ1n) is 6.89. The van der Waals surface area contributed by atoms with Gasteiger partial charge in [0, 0.05) is 45.8 Å². The molecule has 1 atom stereocenters. The zero-order valence-electron chi connectivity index (χ0n) is 12.1. The summed E-state index contributed by atoms with van der Waals surface area (Å²) in [5.74, 6) is -0.173. The van der Waals surface area contributed by atoms with Crippen LogP contribution in [0.5, 0.6) is 0 Å². The first-order valence-corrected chi connectivity index (χ1v) is 6.89. The van der Waals surface area contributed by atoms with Gasteiger partial charge < -0.3 is 10.2 Å². The number of hydroxylamine groups is 1. The summed E-state index contributed by atoms with van der Waals surface area (Å²) in [4.78, 5) is 40.6. The minimum absolute atomic E-state index is 0.0734. The van der Waals surface area contributed by atoms with Gasteiger partial charge in [0.1, 0.15) is 0 Å². The van der Waals surface area contributed by atoms with Crippen molar-refractivity contribution in [2.45, 2.75) is 32.6 Å². The van der Waals surface area contributed by atoms with Crippen LogP contribution in [-0.2, 0) is 19.2 Å². The van der Waals surface area contributed by atoms with Crippen molar-refractivity contribution in [2.24, 2.45) is 5.92 Å². The Kier molecular flexibility index (Phi) is 7.00. The van der Waals surface area contributed by atoms with E-state index < -0.39 is 0 Å². The number of carbonyl (C=O) groups is 3. The third-order valence-corrected chi connectivity index (χ3v) is 3.33. The van der Waals surface area contributed by atoms with Crippen LogP contribution in [0.15, 0.2) is 0 Å². The van der Waals surface area contributed by atoms with E-state index in [9.17, 15) is 14.4 Å². The van der Waals surface area contributed by atoms with E-state index in [-0.39, 0.29) is 36.5 Å². The number of piperidine rings is 1. The molecule has 0 saturated carbocycles. The first kappa shape index (κ1) is 16.4. The summed E-state index contributed by atoms with van der Waals surface area (Å²) in [5.41, 5.74) is 2.33. The van der Waals surface area contributed by atoms with Gasteiger partial charge in [0.2, 0.25) is 17.7 Å². The Bertz CT molecular complexity index is 360. The van der Waals surface area contributed by atoms with Crippen LogP contribution in [0.4, 0.5) is 0 Å². The summed E-state index contributed by atoms with van der Waals surface area (Å²) in [6.07, 6.45) is 2.19. The Morgan fingerprint density at radius 1 is 1.25 bits per heavy atom. The van der Waals surface area contributed by atoms with Crippen LogP contribution >= 0.6 is 0 Å². The van der Waals surface area contributed by atoms with Gasteiger partial charge in [0.05, 0.1) is 6.61 Å². The second-order valence-electron chi connectivity index (χ2n) is 4.98. The lowest BCUT2D eigenvalue weighted by molar-refractivity contribution is -0.138. The number of hydrogen-bond acceptors (Lipinski definition) is 4. The number of nitrogens with one attached hydrogen (secondary N) is 2. The fraction of sp³-hybridized carbons (Fsp3) is 0.769. The maximum Gasteiger partial charge on any atom is 0.244 e. The van der Waals surface area contributed by atoms with Gasteiger partial charge in [-0.3, -0.25) is 19.2 Å². The molecule has 0 bridgehead atoms. The minimum Gasteiger partial charge on any atom is -0.359 e. The van der Waals surface area contributed by atoms with Crippen molar-refractivity contribution in [2.75, 3.05) is 26.7 Å². The highest BCUT2D eigenvalue weighted by atomic mass is 16.6. The van der Waals surface area contributed by atoms with Crippen molar-refractivity contribution in [1.82, 2.24) is 15.7 Å². The molecule has 7 heteroatoms. The van der Waals surface area contributed by atoms with Crippen LogP contribution < -0.4 is 10.8 Å². The molecule has 1 aliphatic rings. The Morgan fingerprint density at radius 2 is 1.95 bits per heavy atom. The molecule has 7 nitrogen and oxygen atoms in total. The zero-order chi connectivity index (χ0) is 15.0. The summed E-state index contributed by atoms with van der Waals surface area (Å²) in [6.45, 7) is 3.41. The number of hydrogen-bond donors (Lipinski definition) is 2. The summed E-state index contributed by atoms with van der Waals surface area (Å²) in [6, 6.07) is 0. The van der Waals surface area contributed by atoms with Gasteiger partial charge in [0.25, 0.3) is 0 Å². The number of amides is 3. The van der Waals surface area contributed by atoms with E-state index in [1.165, 1.54) is 7.05 Å². The summed E-state index contributed by atoms with van der Waals surface area (Å²) < 4.78 is 0. The lowest BCUT2D eigenvalue weighted by Crippen LogP contribution is -2.41. The van der Waals surface area contributed by atoms with Crippen LogP contribution in [0.1, 0.15) is 32.6 Å². The lowest BCUT2D eigenvalue weighted by atomic mass is 9.99. The summed E-state index contributed by atoms with van der Waals surface area (Å²) in [5, 5.41) is 2.45. The molecule has 0 spiro atoms. The van der Waals surface area contributed by atoms with Crippen LogP contribution in [-0.4, -0.2) is 49.4 Å². The van der Waals surface area contributed by atoms with Gasteiger partial charge in [-0.2, -0.15) is 0 Å². The highest BCUT2D eigenvalue weighted by molar-refractivity contribution is 5.82. The maximum absolute atomic E-state index is 11.4. The molecule has 0 aromatic rings. The molecule has 0 radical (unpaired) electrons. The summed E-state index contributed by atoms with van der Waals surface area (Å²) in [7, 11) is 1.53. The number of nitrogens with zero attached hydrogens (tertiary/aromatic N) is 1. The number of carbonyl (C=O) groups excluding carboxylic acids is 3. The van der Waals surface area contributed by atoms with Crippen molar-refractivity contribution in [1.29, 1.82) is 0 Å². The van der Waals surface area contributed by atoms with E-state index >= 15 is 0 Å². The SMILES string of the molecule is CNC(=O)CCC(=O)NOCC1CCCN(C(C)=O)C1. The molecule has 1 fully saturated rings. The maximum atomic E-state index is 11.4. The average molecular weight is 285 g/mol. The Labute approximate surface area is 119 Å². The molecule has 1 unspecified atom stereocenters. The standard InChI is InChI=1S/C13H23N3O4/c1-10(17)16-7-3-4-11(8-16)9-20-15-13(19)6-5-12(18)14-2/h11H,3-9H2,1-2H3,(H,14,18)(H,15,19). The molecule has 1 saturated heterocycles. The largest absolute Gasteiger partial charge is 0.359 e. The summed E-state index contributed by atoms with van der Waals surface area (Å²) >= 11 is 0. The van der Waals surface area contributed by atoms with Crippen molar-refractivity contribution in [3.8, 4) is 0 Å². The molecule has 1 heterocycles. The first-order chi connectivity index (χ1) is 9.52. The highest BCUT2D eigenvalue weighted by Crippen LogP contribution is 2.16. The monoisotopic (exact) mass is 285 g/mol. The third-order valence-electron chi connectivity index (χ3n) is 3.33. The fourth-order valence-corrected chi connectivity index (χ4v) is 2.13. The van der Waals surface area contributed by atoms with E-state index in [2.05, 4.69) is 10.8 Å². The molecular formula is C13H23N3O4. The Hall–Kier alpha value is -1.63. The topological polar surface area (TPSA) is 87.7 Å². The molecule has 1 aliphatic heterocycles. The Balaban J connectivity index is 2.15. The molecule has 2 N–H and O–H groups in total. The third kappa shape index (κ3) is 6.01. The predicted octanol–water partition coefficient (Wildman–Crippen LogP) is -0.181. The molecule has 1 rings (SSSR count). The Morgan fingerprint density at radius 3 is 2.60 bits per heavy atom. The fourth-order valence-electron chi connectivity index (χ4n) is 2.13. The molecule has 20 heavy (non-hydrogen) atoms. The quantitative estimate of drug-likeness (QED) is 0.663. The molecule has 0 aromatic heterocycles. The van der Waals surface area contributed by atoms with Gasteiger partial charge >= 0.3 is 0 Å². The predicted molar refractivity (Wildman–Crippen MR) is 72.4 cm³/mol. The van der Waals surface area contributed by atoms with E-state index in [0.29, 0.717) is 13.2 Å². The van der Waals surface area contributed by atoms with Crippen molar-refractivity contribution in [3.05, 3.63) is 0 Å². The van der Waals surface area contributed by atoms with Crippen molar-refractivity contribution in [3.63, 3.8) is 0 Å². The van der Waals surface area contributed by atoms with E-state index in [1.807, 2.05) is 0 Å². The van der Waals surface area contributed by atoms with E-state index in [1.54, 1.807) is 11.8 Å². The normalized spacial score (nSPS) is 18.5. The minimum atomic E-state index is -0.312. The molecule has 0 aromatic carbocycles. The number of likely N-dealkylation sites (tertiary alicyclic amines) is 1. The van der Waals surface area contributed by atoms with Crippen LogP contribution in [0, 0.1) is 5.92 Å². The van der Waals surface area contributed by atoms with Crippen molar-refractivity contribution >= 4 is 17.7 Å². The average Bonchev–Trinajstić information content (AvgIpc) is 2.45. The van der Waals surface area contributed by atoms with Crippen LogP contribution in [0.2, 0.25) is 0 Å². The second kappa shape index (κ2) is 8.52. The van der Waals surface area contributed by atoms with Gasteiger partial charge in [-0.15, -0.1) is 0 Å². The van der Waals surface area contributed by atoms with Gasteiger partial charge in [-0.05, 0) is 12.8 Å².